The Morgan fingerprint density at radius 2 is 2.35 bits per heavy atom. The van der Waals surface area contributed by atoms with Crippen LogP contribution in [0.2, 0.25) is 0 Å². The highest BCUT2D eigenvalue weighted by Crippen LogP contribution is 2.41. The van der Waals surface area contributed by atoms with Crippen LogP contribution in [0.3, 0.4) is 0 Å². The predicted molar refractivity (Wildman–Crippen MR) is 57.3 cm³/mol. The molecule has 1 N–H and O–H groups in total. The van der Waals surface area contributed by atoms with E-state index in [0.29, 0.717) is 5.75 Å². The fraction of sp³-hybridized carbons (Fsp3) is 0.364. The smallest absolute Gasteiger partial charge is 0.231 e. The number of hydrogen-bond donors (Lipinski definition) is 1. The summed E-state index contributed by atoms with van der Waals surface area (Å²) in [4.78, 5) is 11.8. The van der Waals surface area contributed by atoms with Crippen LogP contribution in [0.5, 0.6) is 17.2 Å². The third-order valence-corrected chi connectivity index (χ3v) is 2.40. The maximum Gasteiger partial charge on any atom is 0.231 e. The van der Waals surface area contributed by atoms with Gasteiger partial charge in [0.2, 0.25) is 6.79 Å². The van der Waals surface area contributed by atoms with Crippen molar-refractivity contribution in [1.29, 1.82) is 0 Å². The summed E-state index contributed by atoms with van der Waals surface area (Å²) >= 11 is 0. The molecule has 17 heavy (non-hydrogen) atoms. The number of carbonyl (C=O) groups excluding carboxylic acids is 1. The number of ether oxygens (including phenoxy) is 3. The van der Waals surface area contributed by atoms with Gasteiger partial charge in [-0.05, 0) is 7.05 Å². The zero-order valence-corrected chi connectivity index (χ0v) is 9.50. The Balaban J connectivity index is 2.55. The number of benzene rings is 1. The van der Waals surface area contributed by atoms with E-state index < -0.39 is 11.6 Å². The van der Waals surface area contributed by atoms with Gasteiger partial charge in [-0.25, -0.2) is 4.39 Å². The third-order valence-electron chi connectivity index (χ3n) is 2.40. The van der Waals surface area contributed by atoms with Crippen molar-refractivity contribution in [1.82, 2.24) is 5.32 Å². The second kappa shape index (κ2) is 4.58. The minimum absolute atomic E-state index is 0.0138. The highest BCUT2D eigenvalue weighted by atomic mass is 19.1. The van der Waals surface area contributed by atoms with Crippen LogP contribution in [-0.2, 0) is 0 Å². The molecular formula is C11H12FNO4. The van der Waals surface area contributed by atoms with E-state index in [1.807, 2.05) is 0 Å². The van der Waals surface area contributed by atoms with Crippen molar-refractivity contribution in [3.8, 4) is 17.2 Å². The summed E-state index contributed by atoms with van der Waals surface area (Å²) in [5.41, 5.74) is -0.133. The molecule has 1 heterocycles. The Morgan fingerprint density at radius 1 is 1.59 bits per heavy atom. The standard InChI is InChI=1S/C11H12FNO4/c1-13-4-6(14)9-10(12)7(15-2)3-8-11(9)17-5-16-8/h3,13H,4-5H2,1-2H3. The second-order valence-electron chi connectivity index (χ2n) is 3.46. The summed E-state index contributed by atoms with van der Waals surface area (Å²) < 4.78 is 29.1. The number of hydrogen-bond acceptors (Lipinski definition) is 5. The van der Waals surface area contributed by atoms with E-state index in [1.165, 1.54) is 13.2 Å². The number of rotatable bonds is 4. The molecule has 0 atom stereocenters. The zero-order valence-electron chi connectivity index (χ0n) is 9.50. The van der Waals surface area contributed by atoms with Gasteiger partial charge in [-0.3, -0.25) is 4.79 Å². The molecule has 0 aliphatic carbocycles. The molecule has 92 valence electrons. The lowest BCUT2D eigenvalue weighted by Crippen LogP contribution is -2.20. The molecule has 0 saturated carbocycles. The zero-order chi connectivity index (χ0) is 12.4. The van der Waals surface area contributed by atoms with E-state index in [4.69, 9.17) is 14.2 Å². The fourth-order valence-electron chi connectivity index (χ4n) is 1.64. The quantitative estimate of drug-likeness (QED) is 0.796. The number of ketones is 1. The molecule has 0 bridgehead atoms. The van der Waals surface area contributed by atoms with Gasteiger partial charge in [-0.1, -0.05) is 0 Å². The first-order valence-electron chi connectivity index (χ1n) is 5.03. The normalized spacial score (nSPS) is 12.6. The summed E-state index contributed by atoms with van der Waals surface area (Å²) in [6, 6.07) is 1.37. The Kier molecular flexibility index (Phi) is 3.14. The van der Waals surface area contributed by atoms with Crippen LogP contribution >= 0.6 is 0 Å². The Labute approximate surface area is 97.5 Å². The molecule has 6 heteroatoms. The first kappa shape index (κ1) is 11.7. The van der Waals surface area contributed by atoms with Crippen LogP contribution in [0, 0.1) is 5.82 Å². The van der Waals surface area contributed by atoms with Crippen molar-refractivity contribution in [3.63, 3.8) is 0 Å². The van der Waals surface area contributed by atoms with Crippen LogP contribution in [-0.4, -0.2) is 33.3 Å². The van der Waals surface area contributed by atoms with E-state index in [1.54, 1.807) is 7.05 Å². The first-order chi connectivity index (χ1) is 8.19. The number of Topliss-reactive ketones (excluding diaryl/α,β-unsaturated/α-hetero) is 1. The minimum Gasteiger partial charge on any atom is -0.494 e. The van der Waals surface area contributed by atoms with E-state index in [0.717, 1.165) is 0 Å². The molecule has 0 radical (unpaired) electrons. The lowest BCUT2D eigenvalue weighted by Gasteiger charge is -2.09. The number of methoxy groups -OCH3 is 1. The summed E-state index contributed by atoms with van der Waals surface area (Å²) in [5.74, 6) is -0.706. The van der Waals surface area contributed by atoms with E-state index >= 15 is 0 Å². The van der Waals surface area contributed by atoms with Crippen molar-refractivity contribution in [2.75, 3.05) is 27.5 Å². The fourth-order valence-corrected chi connectivity index (χ4v) is 1.64. The minimum atomic E-state index is -0.725. The maximum absolute atomic E-state index is 14.0. The van der Waals surface area contributed by atoms with Crippen LogP contribution in [0.25, 0.3) is 0 Å². The van der Waals surface area contributed by atoms with Gasteiger partial charge in [0.1, 0.15) is 5.56 Å². The van der Waals surface area contributed by atoms with Crippen LogP contribution in [0.15, 0.2) is 6.07 Å². The number of halogens is 1. The molecule has 1 aliphatic rings. The van der Waals surface area contributed by atoms with E-state index in [2.05, 4.69) is 5.32 Å². The second-order valence-corrected chi connectivity index (χ2v) is 3.46. The van der Waals surface area contributed by atoms with Gasteiger partial charge in [0, 0.05) is 6.07 Å². The number of fused-ring (bicyclic) bond motifs is 1. The Morgan fingerprint density at radius 3 is 3.00 bits per heavy atom. The predicted octanol–water partition coefficient (Wildman–Crippen LogP) is 0.965. The molecule has 1 aromatic carbocycles. The van der Waals surface area contributed by atoms with Gasteiger partial charge in [-0.2, -0.15) is 0 Å². The largest absolute Gasteiger partial charge is 0.494 e. The molecule has 0 spiro atoms. The van der Waals surface area contributed by atoms with Crippen molar-refractivity contribution >= 4 is 5.78 Å². The monoisotopic (exact) mass is 241 g/mol. The van der Waals surface area contributed by atoms with Crippen molar-refractivity contribution in [2.45, 2.75) is 0 Å². The van der Waals surface area contributed by atoms with E-state index in [9.17, 15) is 9.18 Å². The highest BCUT2D eigenvalue weighted by Gasteiger charge is 2.29. The number of likely N-dealkylation sites (N-methyl/N-ethyl adjacent to an activating group) is 1. The molecule has 2 rings (SSSR count). The average molecular weight is 241 g/mol. The van der Waals surface area contributed by atoms with Crippen LogP contribution in [0.1, 0.15) is 10.4 Å². The molecule has 1 aliphatic heterocycles. The molecule has 0 aromatic heterocycles. The van der Waals surface area contributed by atoms with Crippen LogP contribution in [0.4, 0.5) is 4.39 Å². The maximum atomic E-state index is 14.0. The molecule has 0 amide bonds. The lowest BCUT2D eigenvalue weighted by atomic mass is 10.1. The van der Waals surface area contributed by atoms with Crippen molar-refractivity contribution in [2.24, 2.45) is 0 Å². The first-order valence-corrected chi connectivity index (χ1v) is 5.03. The molecular weight excluding hydrogens is 229 g/mol. The lowest BCUT2D eigenvalue weighted by molar-refractivity contribution is 0.0984. The van der Waals surface area contributed by atoms with Crippen molar-refractivity contribution < 1.29 is 23.4 Å². The SMILES string of the molecule is CNCC(=O)c1c(F)c(OC)cc2c1OCO2. The summed E-state index contributed by atoms with van der Waals surface area (Å²) in [6.45, 7) is -0.0122. The molecule has 0 unspecified atom stereocenters. The van der Waals surface area contributed by atoms with E-state index in [-0.39, 0.29) is 30.4 Å². The molecule has 0 saturated heterocycles. The topological polar surface area (TPSA) is 56.8 Å². The highest BCUT2D eigenvalue weighted by molar-refractivity contribution is 6.01. The van der Waals surface area contributed by atoms with Crippen molar-refractivity contribution in [3.05, 3.63) is 17.4 Å². The third kappa shape index (κ3) is 1.91. The van der Waals surface area contributed by atoms with Gasteiger partial charge >= 0.3 is 0 Å². The molecule has 5 nitrogen and oxygen atoms in total. The van der Waals surface area contributed by atoms with Gasteiger partial charge in [0.05, 0.1) is 13.7 Å². The Bertz CT molecular complexity index is 461. The van der Waals surface area contributed by atoms with Gasteiger partial charge in [0.15, 0.2) is 28.8 Å². The van der Waals surface area contributed by atoms with Gasteiger partial charge in [0.25, 0.3) is 0 Å². The number of nitrogens with one attached hydrogen (secondary N) is 1. The summed E-state index contributed by atoms with van der Waals surface area (Å²) in [6.07, 6.45) is 0. The molecule has 0 fully saturated rings. The number of carbonyl (C=O) groups is 1. The average Bonchev–Trinajstić information content (AvgIpc) is 2.75. The van der Waals surface area contributed by atoms with Crippen LogP contribution < -0.4 is 19.5 Å². The molecule has 1 aromatic rings. The summed E-state index contributed by atoms with van der Waals surface area (Å²) in [7, 11) is 2.93. The summed E-state index contributed by atoms with van der Waals surface area (Å²) in [5, 5.41) is 2.67. The van der Waals surface area contributed by atoms with Gasteiger partial charge < -0.3 is 19.5 Å². The van der Waals surface area contributed by atoms with Gasteiger partial charge in [-0.15, -0.1) is 0 Å². The Hall–Kier alpha value is -1.82.